The highest BCUT2D eigenvalue weighted by atomic mass is 32.2. The van der Waals surface area contributed by atoms with Gasteiger partial charge in [0.25, 0.3) is 5.24 Å². The number of morpholine rings is 1. The molecule has 2 saturated heterocycles. The van der Waals surface area contributed by atoms with E-state index in [9.17, 15) is 18.0 Å². The molecule has 0 bridgehead atoms. The lowest BCUT2D eigenvalue weighted by Crippen LogP contribution is -2.40. The molecule has 3 rings (SSSR count). The van der Waals surface area contributed by atoms with Gasteiger partial charge < -0.3 is 14.4 Å². The summed E-state index contributed by atoms with van der Waals surface area (Å²) in [6.45, 7) is 2.41. The number of hydrogen-bond acceptors (Lipinski definition) is 7. The predicted molar refractivity (Wildman–Crippen MR) is 99.9 cm³/mol. The number of esters is 1. The fourth-order valence-corrected chi connectivity index (χ4v) is 5.15. The Labute approximate surface area is 162 Å². The van der Waals surface area contributed by atoms with Gasteiger partial charge in [-0.25, -0.2) is 8.42 Å². The Balaban J connectivity index is 1.54. The molecule has 0 saturated carbocycles. The zero-order chi connectivity index (χ0) is 19.3. The van der Waals surface area contributed by atoms with Crippen LogP contribution in [0.15, 0.2) is 29.2 Å². The van der Waals surface area contributed by atoms with Crippen LogP contribution in [0.2, 0.25) is 0 Å². The van der Waals surface area contributed by atoms with Gasteiger partial charge in [0.1, 0.15) is 6.61 Å². The van der Waals surface area contributed by atoms with Crippen molar-refractivity contribution in [2.24, 2.45) is 0 Å². The third kappa shape index (κ3) is 5.22. The molecule has 27 heavy (non-hydrogen) atoms. The molecule has 2 fully saturated rings. The van der Waals surface area contributed by atoms with Crippen LogP contribution in [0.5, 0.6) is 0 Å². The zero-order valence-corrected chi connectivity index (χ0v) is 16.5. The third-order valence-corrected chi connectivity index (χ3v) is 7.12. The molecule has 2 aliphatic rings. The Morgan fingerprint density at radius 3 is 2.70 bits per heavy atom. The lowest BCUT2D eigenvalue weighted by Gasteiger charge is -2.26. The Hall–Kier alpha value is -1.62. The smallest absolute Gasteiger partial charge is 0.307 e. The van der Waals surface area contributed by atoms with Gasteiger partial charge in [-0.3, -0.25) is 9.59 Å². The monoisotopic (exact) mass is 414 g/mol. The number of benzene rings is 1. The lowest BCUT2D eigenvalue weighted by atomic mass is 10.2. The maximum Gasteiger partial charge on any atom is 0.307 e. The topological polar surface area (TPSA) is 93.2 Å². The summed E-state index contributed by atoms with van der Waals surface area (Å²) >= 11 is 1.25. The minimum atomic E-state index is -3.58. The summed E-state index contributed by atoms with van der Waals surface area (Å²) in [5.74, 6) is 0.333. The number of hydrogen-bond donors (Lipinski definition) is 0. The molecule has 148 valence electrons. The van der Waals surface area contributed by atoms with Crippen molar-refractivity contribution in [1.29, 1.82) is 0 Å². The van der Waals surface area contributed by atoms with E-state index in [-0.39, 0.29) is 23.2 Å². The van der Waals surface area contributed by atoms with E-state index in [1.165, 1.54) is 28.2 Å². The molecule has 10 heteroatoms. The summed E-state index contributed by atoms with van der Waals surface area (Å²) in [4.78, 5) is 25.2. The van der Waals surface area contributed by atoms with Crippen molar-refractivity contribution in [3.05, 3.63) is 29.8 Å². The molecule has 0 spiro atoms. The normalized spacial score (nSPS) is 18.7. The summed E-state index contributed by atoms with van der Waals surface area (Å²) < 4.78 is 37.2. The zero-order valence-electron chi connectivity index (χ0n) is 14.8. The van der Waals surface area contributed by atoms with E-state index in [2.05, 4.69) is 0 Å². The Bertz CT molecular complexity index is 792. The Kier molecular flexibility index (Phi) is 6.74. The van der Waals surface area contributed by atoms with E-state index in [0.717, 1.165) is 5.75 Å². The van der Waals surface area contributed by atoms with Crippen LogP contribution in [0.25, 0.3) is 0 Å². The molecular weight excluding hydrogens is 392 g/mol. The van der Waals surface area contributed by atoms with Gasteiger partial charge >= 0.3 is 5.97 Å². The average Bonchev–Trinajstić information content (AvgIpc) is 3.10. The van der Waals surface area contributed by atoms with Crippen LogP contribution in [-0.4, -0.2) is 74.0 Å². The van der Waals surface area contributed by atoms with Gasteiger partial charge in [-0.15, -0.1) is 0 Å². The maximum atomic E-state index is 12.7. The summed E-state index contributed by atoms with van der Waals surface area (Å²) in [7, 11) is -3.58. The fraction of sp³-hybridized carbons (Fsp3) is 0.529. The van der Waals surface area contributed by atoms with E-state index >= 15 is 0 Å². The van der Waals surface area contributed by atoms with Gasteiger partial charge in [-0.05, 0) is 17.7 Å². The average molecular weight is 415 g/mol. The highest BCUT2D eigenvalue weighted by Gasteiger charge is 2.26. The number of nitrogens with zero attached hydrogens (tertiary/aromatic N) is 2. The maximum absolute atomic E-state index is 12.7. The van der Waals surface area contributed by atoms with Crippen LogP contribution in [0.1, 0.15) is 12.0 Å². The molecule has 1 aromatic rings. The van der Waals surface area contributed by atoms with Crippen LogP contribution in [-0.2, 0) is 30.9 Å². The standard InChI is InChI=1S/C17H22N2O6S2/c20-16(4-5-18-8-11-26-17(18)21)25-13-14-2-1-3-15(12-14)27(22,23)19-6-9-24-10-7-19/h1-3,12H,4-11,13H2. The summed E-state index contributed by atoms with van der Waals surface area (Å²) in [5, 5.41) is -0.0104. The number of carbonyl (C=O) groups is 2. The molecule has 0 radical (unpaired) electrons. The van der Waals surface area contributed by atoms with Gasteiger partial charge in [-0.2, -0.15) is 4.31 Å². The second-order valence-corrected chi connectivity index (χ2v) is 9.16. The van der Waals surface area contributed by atoms with Gasteiger partial charge in [0.15, 0.2) is 0 Å². The molecule has 2 aliphatic heterocycles. The first-order valence-electron chi connectivity index (χ1n) is 8.71. The molecular formula is C17H22N2O6S2. The minimum absolute atomic E-state index is 0.00595. The summed E-state index contributed by atoms with van der Waals surface area (Å²) in [6.07, 6.45) is 0.123. The molecule has 2 heterocycles. The number of sulfonamides is 1. The van der Waals surface area contributed by atoms with Crippen LogP contribution in [0.4, 0.5) is 4.79 Å². The van der Waals surface area contributed by atoms with Gasteiger partial charge in [0.2, 0.25) is 10.0 Å². The fourth-order valence-electron chi connectivity index (χ4n) is 2.82. The van der Waals surface area contributed by atoms with E-state index in [4.69, 9.17) is 9.47 Å². The molecule has 1 aromatic carbocycles. The number of rotatable bonds is 7. The van der Waals surface area contributed by atoms with E-state index in [1.807, 2.05) is 0 Å². The highest BCUT2D eigenvalue weighted by molar-refractivity contribution is 8.13. The first-order chi connectivity index (χ1) is 13.0. The molecule has 0 aromatic heterocycles. The lowest BCUT2D eigenvalue weighted by molar-refractivity contribution is -0.145. The van der Waals surface area contributed by atoms with Crippen LogP contribution in [0.3, 0.4) is 0 Å². The summed E-state index contributed by atoms with van der Waals surface area (Å²) in [6, 6.07) is 6.41. The molecule has 1 amide bonds. The van der Waals surface area contributed by atoms with Gasteiger partial charge in [0.05, 0.1) is 24.5 Å². The number of thioether (sulfide) groups is 1. The largest absolute Gasteiger partial charge is 0.461 e. The Morgan fingerprint density at radius 1 is 1.22 bits per heavy atom. The first kappa shape index (κ1) is 20.1. The van der Waals surface area contributed by atoms with Crippen LogP contribution < -0.4 is 0 Å². The summed E-state index contributed by atoms with van der Waals surface area (Å²) in [5.41, 5.74) is 0.602. The van der Waals surface area contributed by atoms with E-state index in [1.54, 1.807) is 17.0 Å². The van der Waals surface area contributed by atoms with E-state index < -0.39 is 16.0 Å². The van der Waals surface area contributed by atoms with Crippen molar-refractivity contribution < 1.29 is 27.5 Å². The predicted octanol–water partition coefficient (Wildman–Crippen LogP) is 1.31. The molecule has 0 N–H and O–H groups in total. The van der Waals surface area contributed by atoms with Crippen LogP contribution >= 0.6 is 11.8 Å². The van der Waals surface area contributed by atoms with Crippen molar-refractivity contribution in [1.82, 2.24) is 9.21 Å². The van der Waals surface area contributed by atoms with Crippen LogP contribution in [0, 0.1) is 0 Å². The first-order valence-corrected chi connectivity index (χ1v) is 11.1. The minimum Gasteiger partial charge on any atom is -0.461 e. The third-order valence-electron chi connectivity index (χ3n) is 4.34. The van der Waals surface area contributed by atoms with Crippen molar-refractivity contribution in [3.63, 3.8) is 0 Å². The number of carbonyl (C=O) groups excluding carboxylic acids is 2. The second-order valence-electron chi connectivity index (χ2n) is 6.18. The second kappa shape index (κ2) is 9.05. The van der Waals surface area contributed by atoms with Crippen molar-refractivity contribution in [2.45, 2.75) is 17.9 Å². The molecule has 8 nitrogen and oxygen atoms in total. The number of ether oxygens (including phenoxy) is 2. The van der Waals surface area contributed by atoms with Crippen molar-refractivity contribution in [2.75, 3.05) is 45.1 Å². The van der Waals surface area contributed by atoms with Crippen molar-refractivity contribution >= 4 is 33.0 Å². The van der Waals surface area contributed by atoms with Gasteiger partial charge in [-0.1, -0.05) is 23.9 Å². The molecule has 0 aliphatic carbocycles. The SMILES string of the molecule is O=C(CCN1CCSC1=O)OCc1cccc(S(=O)(=O)N2CCOCC2)c1. The van der Waals surface area contributed by atoms with Crippen molar-refractivity contribution in [3.8, 4) is 0 Å². The quantitative estimate of drug-likeness (QED) is 0.621. The molecule has 0 atom stereocenters. The Morgan fingerprint density at radius 2 is 2.00 bits per heavy atom. The van der Waals surface area contributed by atoms with Gasteiger partial charge in [0, 0.05) is 31.9 Å². The van der Waals surface area contributed by atoms with E-state index in [0.29, 0.717) is 45.0 Å². The highest BCUT2D eigenvalue weighted by Crippen LogP contribution is 2.19. The number of amides is 1. The molecule has 0 unspecified atom stereocenters.